The van der Waals surface area contributed by atoms with Crippen LogP contribution in [0.3, 0.4) is 0 Å². The number of hydrogen-bond donors (Lipinski definition) is 0. The van der Waals surface area contributed by atoms with Crippen LogP contribution in [-0.4, -0.2) is 64.2 Å². The van der Waals surface area contributed by atoms with E-state index in [-0.39, 0.29) is 5.75 Å². The van der Waals surface area contributed by atoms with E-state index in [2.05, 4.69) is 16.8 Å². The SMILES string of the molecule is CN1CCC[C@H](CN(C)CCS(=O)(=O)c2ccc(C#N)cc2)C1. The molecule has 0 aromatic heterocycles. The zero-order valence-corrected chi connectivity index (χ0v) is 14.7. The zero-order chi connectivity index (χ0) is 16.9. The molecule has 5 nitrogen and oxygen atoms in total. The Hall–Kier alpha value is -1.42. The second kappa shape index (κ2) is 7.91. The van der Waals surface area contributed by atoms with Crippen LogP contribution in [0.5, 0.6) is 0 Å². The molecule has 1 saturated heterocycles. The molecule has 0 bridgehead atoms. The lowest BCUT2D eigenvalue weighted by atomic mass is 9.98. The Kier molecular flexibility index (Phi) is 6.17. The van der Waals surface area contributed by atoms with Crippen LogP contribution < -0.4 is 0 Å². The molecule has 6 heteroatoms. The lowest BCUT2D eigenvalue weighted by Gasteiger charge is -2.32. The molecule has 0 spiro atoms. The van der Waals surface area contributed by atoms with Gasteiger partial charge in [0.2, 0.25) is 0 Å². The van der Waals surface area contributed by atoms with Crippen LogP contribution in [0, 0.1) is 17.2 Å². The molecule has 1 fully saturated rings. The smallest absolute Gasteiger partial charge is 0.179 e. The predicted octanol–water partition coefficient (Wildman–Crippen LogP) is 1.61. The van der Waals surface area contributed by atoms with Gasteiger partial charge < -0.3 is 9.80 Å². The van der Waals surface area contributed by atoms with Gasteiger partial charge >= 0.3 is 0 Å². The molecular weight excluding hydrogens is 310 g/mol. The van der Waals surface area contributed by atoms with Gasteiger partial charge in [-0.1, -0.05) is 0 Å². The van der Waals surface area contributed by atoms with Crippen molar-refractivity contribution in [3.63, 3.8) is 0 Å². The van der Waals surface area contributed by atoms with E-state index in [4.69, 9.17) is 5.26 Å². The third-order valence-corrected chi connectivity index (χ3v) is 6.09. The van der Waals surface area contributed by atoms with Gasteiger partial charge in [-0.2, -0.15) is 5.26 Å². The van der Waals surface area contributed by atoms with Crippen molar-refractivity contribution in [1.29, 1.82) is 5.26 Å². The summed E-state index contributed by atoms with van der Waals surface area (Å²) >= 11 is 0. The molecule has 23 heavy (non-hydrogen) atoms. The van der Waals surface area contributed by atoms with Gasteiger partial charge in [0, 0.05) is 19.6 Å². The third-order valence-electron chi connectivity index (χ3n) is 4.38. The van der Waals surface area contributed by atoms with Crippen molar-refractivity contribution in [2.24, 2.45) is 5.92 Å². The van der Waals surface area contributed by atoms with E-state index in [1.54, 1.807) is 12.1 Å². The van der Waals surface area contributed by atoms with E-state index in [9.17, 15) is 8.42 Å². The second-order valence-corrected chi connectivity index (χ2v) is 8.60. The number of nitriles is 1. The summed E-state index contributed by atoms with van der Waals surface area (Å²) < 4.78 is 24.7. The van der Waals surface area contributed by atoms with Gasteiger partial charge in [0.15, 0.2) is 9.84 Å². The van der Waals surface area contributed by atoms with E-state index < -0.39 is 9.84 Å². The molecule has 1 heterocycles. The highest BCUT2D eigenvalue weighted by atomic mass is 32.2. The van der Waals surface area contributed by atoms with Crippen molar-refractivity contribution in [1.82, 2.24) is 9.80 Å². The fraction of sp³-hybridized carbons (Fsp3) is 0.588. The van der Waals surface area contributed by atoms with Crippen LogP contribution >= 0.6 is 0 Å². The monoisotopic (exact) mass is 335 g/mol. The van der Waals surface area contributed by atoms with Gasteiger partial charge in [0.1, 0.15) is 0 Å². The summed E-state index contributed by atoms with van der Waals surface area (Å²) in [6, 6.07) is 8.13. The highest BCUT2D eigenvalue weighted by Crippen LogP contribution is 2.16. The van der Waals surface area contributed by atoms with Gasteiger partial charge in [-0.15, -0.1) is 0 Å². The van der Waals surface area contributed by atoms with Crippen molar-refractivity contribution < 1.29 is 8.42 Å². The predicted molar refractivity (Wildman–Crippen MR) is 90.9 cm³/mol. The van der Waals surface area contributed by atoms with Gasteiger partial charge in [0.05, 0.1) is 22.3 Å². The molecular formula is C17H25N3O2S. The van der Waals surface area contributed by atoms with Crippen LogP contribution in [0.4, 0.5) is 0 Å². The highest BCUT2D eigenvalue weighted by molar-refractivity contribution is 7.91. The van der Waals surface area contributed by atoms with E-state index >= 15 is 0 Å². The molecule has 0 unspecified atom stereocenters. The Bertz CT molecular complexity index is 649. The van der Waals surface area contributed by atoms with E-state index in [0.717, 1.165) is 19.6 Å². The zero-order valence-electron chi connectivity index (χ0n) is 13.9. The normalized spacial score (nSPS) is 19.7. The molecule has 1 aliphatic rings. The van der Waals surface area contributed by atoms with Gasteiger partial charge in [-0.05, 0) is 63.7 Å². The quantitative estimate of drug-likeness (QED) is 0.790. The van der Waals surface area contributed by atoms with Crippen LogP contribution in [0.2, 0.25) is 0 Å². The second-order valence-electron chi connectivity index (χ2n) is 6.49. The Morgan fingerprint density at radius 3 is 2.65 bits per heavy atom. The molecule has 0 aliphatic carbocycles. The first-order valence-electron chi connectivity index (χ1n) is 8.01. The highest BCUT2D eigenvalue weighted by Gasteiger charge is 2.20. The average Bonchev–Trinajstić information content (AvgIpc) is 2.53. The topological polar surface area (TPSA) is 64.4 Å². The van der Waals surface area contributed by atoms with E-state index in [0.29, 0.717) is 22.9 Å². The molecule has 1 aliphatic heterocycles. The fourth-order valence-electron chi connectivity index (χ4n) is 3.08. The molecule has 0 radical (unpaired) electrons. The third kappa shape index (κ3) is 5.31. The van der Waals surface area contributed by atoms with Crippen molar-refractivity contribution in [3.05, 3.63) is 29.8 Å². The lowest BCUT2D eigenvalue weighted by molar-refractivity contribution is 0.170. The Morgan fingerprint density at radius 2 is 2.04 bits per heavy atom. The van der Waals surface area contributed by atoms with Crippen LogP contribution in [0.25, 0.3) is 0 Å². The van der Waals surface area contributed by atoms with Crippen LogP contribution in [-0.2, 0) is 9.84 Å². The number of sulfone groups is 1. The maximum atomic E-state index is 12.4. The number of benzene rings is 1. The largest absolute Gasteiger partial charge is 0.306 e. The maximum absolute atomic E-state index is 12.4. The number of hydrogen-bond acceptors (Lipinski definition) is 5. The summed E-state index contributed by atoms with van der Waals surface area (Å²) in [6.07, 6.45) is 2.44. The van der Waals surface area contributed by atoms with Crippen molar-refractivity contribution in [3.8, 4) is 6.07 Å². The standard InChI is InChI=1S/C17H25N3O2S/c1-19-9-3-4-16(13-19)14-20(2)10-11-23(21,22)17-7-5-15(12-18)6-8-17/h5-8,16H,3-4,9-11,13-14H2,1-2H3/t16-/m0/s1. The van der Waals surface area contributed by atoms with Gasteiger partial charge in [-0.3, -0.25) is 0 Å². The molecule has 2 rings (SSSR count). The molecule has 126 valence electrons. The van der Waals surface area contributed by atoms with E-state index in [1.807, 2.05) is 13.1 Å². The van der Waals surface area contributed by atoms with Crippen LogP contribution in [0.15, 0.2) is 29.2 Å². The fourth-order valence-corrected chi connectivity index (χ4v) is 4.42. The Morgan fingerprint density at radius 1 is 1.35 bits per heavy atom. The summed E-state index contributed by atoms with van der Waals surface area (Å²) in [5.41, 5.74) is 0.475. The number of nitrogens with zero attached hydrogens (tertiary/aromatic N) is 3. The number of piperidine rings is 1. The minimum Gasteiger partial charge on any atom is -0.306 e. The summed E-state index contributed by atoms with van der Waals surface area (Å²) in [6.45, 7) is 3.72. The van der Waals surface area contributed by atoms with E-state index in [1.165, 1.54) is 25.0 Å². The first kappa shape index (κ1) is 17.9. The molecule has 0 N–H and O–H groups in total. The summed E-state index contributed by atoms with van der Waals surface area (Å²) in [4.78, 5) is 4.75. The Labute approximate surface area is 139 Å². The van der Waals surface area contributed by atoms with Crippen molar-refractivity contribution in [2.75, 3.05) is 46.0 Å². The molecule has 0 saturated carbocycles. The average molecular weight is 335 g/mol. The minimum atomic E-state index is -3.29. The summed E-state index contributed by atoms with van der Waals surface area (Å²) in [5, 5.41) is 8.77. The van der Waals surface area contributed by atoms with Crippen molar-refractivity contribution >= 4 is 9.84 Å². The minimum absolute atomic E-state index is 0.109. The molecule has 1 atom stereocenters. The molecule has 1 aromatic carbocycles. The first-order chi connectivity index (χ1) is 10.9. The number of likely N-dealkylation sites (tertiary alicyclic amines) is 1. The first-order valence-corrected chi connectivity index (χ1v) is 9.66. The summed E-state index contributed by atoms with van der Waals surface area (Å²) in [5.74, 6) is 0.731. The molecule has 0 amide bonds. The Balaban J connectivity index is 1.86. The van der Waals surface area contributed by atoms with Gasteiger partial charge in [0.25, 0.3) is 0 Å². The molecule has 1 aromatic rings. The maximum Gasteiger partial charge on any atom is 0.179 e. The van der Waals surface area contributed by atoms with Crippen LogP contribution in [0.1, 0.15) is 18.4 Å². The number of rotatable bonds is 6. The van der Waals surface area contributed by atoms with Gasteiger partial charge in [-0.25, -0.2) is 8.42 Å². The van der Waals surface area contributed by atoms with Crippen molar-refractivity contribution in [2.45, 2.75) is 17.7 Å². The lowest BCUT2D eigenvalue weighted by Crippen LogP contribution is -2.39. The summed E-state index contributed by atoms with van der Waals surface area (Å²) in [7, 11) is 0.836.